The number of H-pyrrole nitrogens is 1. The van der Waals surface area contributed by atoms with Crippen LogP contribution in [0.15, 0.2) is 65.5 Å². The fraction of sp³-hybridized carbons (Fsp3) is 0.276. The van der Waals surface area contributed by atoms with Gasteiger partial charge >= 0.3 is 0 Å². The van der Waals surface area contributed by atoms with Crippen molar-refractivity contribution in [1.29, 1.82) is 0 Å². The van der Waals surface area contributed by atoms with Crippen molar-refractivity contribution in [2.45, 2.75) is 26.8 Å². The van der Waals surface area contributed by atoms with E-state index in [9.17, 15) is 9.59 Å². The first-order chi connectivity index (χ1) is 18.4. The minimum atomic E-state index is -0.212. The molecular weight excluding hydrogens is 500 g/mol. The number of nitrogens with one attached hydrogen (secondary N) is 2. The number of nitrogens with zero attached hydrogens (tertiary/aromatic N) is 2. The van der Waals surface area contributed by atoms with Gasteiger partial charge in [-0.3, -0.25) is 14.2 Å². The van der Waals surface area contributed by atoms with E-state index in [1.807, 2.05) is 12.1 Å². The van der Waals surface area contributed by atoms with Crippen LogP contribution in [0.2, 0.25) is 0 Å². The summed E-state index contributed by atoms with van der Waals surface area (Å²) in [5, 5.41) is 3.48. The van der Waals surface area contributed by atoms with Gasteiger partial charge in [0, 0.05) is 37.0 Å². The molecule has 0 bridgehead atoms. The van der Waals surface area contributed by atoms with Gasteiger partial charge in [-0.2, -0.15) is 0 Å². The highest BCUT2D eigenvalue weighted by Crippen LogP contribution is 2.34. The molecule has 0 saturated heterocycles. The van der Waals surface area contributed by atoms with E-state index in [0.717, 1.165) is 25.1 Å². The fourth-order valence-electron chi connectivity index (χ4n) is 4.60. The molecule has 9 heteroatoms. The zero-order valence-corrected chi connectivity index (χ0v) is 22.3. The molecule has 5 rings (SSSR count). The SMILES string of the molecule is CCN(CCCNC(=O)c1ccc(Cn2c(=S)[nH]c3cc4c(cc3c2=O)OCO4)cc1)c1cccc(C)c1. The minimum absolute atomic E-state index is 0.119. The predicted molar refractivity (Wildman–Crippen MR) is 151 cm³/mol. The van der Waals surface area contributed by atoms with E-state index < -0.39 is 0 Å². The second-order valence-corrected chi connectivity index (χ2v) is 9.68. The third kappa shape index (κ3) is 5.43. The minimum Gasteiger partial charge on any atom is -0.454 e. The standard InChI is InChI=1S/C29H30N4O4S/c1-3-32(22-7-4-6-19(2)14-22)13-5-12-30-27(34)21-10-8-20(9-11-21)17-33-28(35)23-15-25-26(37-18-36-25)16-24(23)31-29(33)38/h4,6-11,14-16H,3,5,12-13,17-18H2,1-2H3,(H,30,34)(H,31,38). The first-order valence-electron chi connectivity index (χ1n) is 12.7. The Labute approximate surface area is 225 Å². The summed E-state index contributed by atoms with van der Waals surface area (Å²) in [4.78, 5) is 31.2. The number of rotatable bonds is 9. The molecule has 1 aliphatic heterocycles. The number of hydrogen-bond donors (Lipinski definition) is 2. The molecule has 1 aliphatic rings. The van der Waals surface area contributed by atoms with E-state index >= 15 is 0 Å². The highest BCUT2D eigenvalue weighted by molar-refractivity contribution is 7.71. The number of benzene rings is 3. The summed E-state index contributed by atoms with van der Waals surface area (Å²) in [7, 11) is 0. The summed E-state index contributed by atoms with van der Waals surface area (Å²) in [6, 6.07) is 19.1. The van der Waals surface area contributed by atoms with Gasteiger partial charge in [-0.1, -0.05) is 24.3 Å². The zero-order chi connectivity index (χ0) is 26.6. The molecule has 0 fully saturated rings. The largest absolute Gasteiger partial charge is 0.454 e. The van der Waals surface area contributed by atoms with Gasteiger partial charge in [0.05, 0.1) is 17.4 Å². The lowest BCUT2D eigenvalue weighted by molar-refractivity contribution is 0.0953. The Morgan fingerprint density at radius 3 is 2.61 bits per heavy atom. The number of anilines is 1. The van der Waals surface area contributed by atoms with Crippen LogP contribution in [-0.4, -0.2) is 41.9 Å². The smallest absolute Gasteiger partial charge is 0.262 e. The van der Waals surface area contributed by atoms with Crippen molar-refractivity contribution in [1.82, 2.24) is 14.9 Å². The third-order valence-electron chi connectivity index (χ3n) is 6.67. The molecule has 1 amide bonds. The molecule has 196 valence electrons. The van der Waals surface area contributed by atoms with Crippen LogP contribution in [0.3, 0.4) is 0 Å². The number of ether oxygens (including phenoxy) is 2. The number of aromatic amines is 1. The molecule has 0 unspecified atom stereocenters. The van der Waals surface area contributed by atoms with Crippen molar-refractivity contribution in [3.05, 3.63) is 92.5 Å². The van der Waals surface area contributed by atoms with Crippen molar-refractivity contribution in [3.63, 3.8) is 0 Å². The molecule has 0 saturated carbocycles. The van der Waals surface area contributed by atoms with E-state index in [0.29, 0.717) is 39.3 Å². The molecule has 0 spiro atoms. The first-order valence-corrected chi connectivity index (χ1v) is 13.1. The Kier molecular flexibility index (Phi) is 7.46. The Morgan fingerprint density at radius 2 is 1.87 bits per heavy atom. The number of aromatic nitrogens is 2. The van der Waals surface area contributed by atoms with Gasteiger partial charge in [-0.05, 0) is 73.9 Å². The average Bonchev–Trinajstić information content (AvgIpc) is 3.38. The first kappa shape index (κ1) is 25.5. The number of carbonyl (C=O) groups excluding carboxylic acids is 1. The lowest BCUT2D eigenvalue weighted by atomic mass is 10.1. The number of amides is 1. The van der Waals surface area contributed by atoms with Gasteiger partial charge in [0.25, 0.3) is 11.5 Å². The lowest BCUT2D eigenvalue weighted by Crippen LogP contribution is -2.30. The average molecular weight is 531 g/mol. The number of aryl methyl sites for hydroxylation is 1. The summed E-state index contributed by atoms with van der Waals surface area (Å²) < 4.78 is 12.6. The normalized spacial score (nSPS) is 12.1. The van der Waals surface area contributed by atoms with Crippen LogP contribution in [0.25, 0.3) is 10.9 Å². The fourth-order valence-corrected chi connectivity index (χ4v) is 4.86. The molecule has 0 aliphatic carbocycles. The third-order valence-corrected chi connectivity index (χ3v) is 6.99. The number of fused-ring (bicyclic) bond motifs is 2. The van der Waals surface area contributed by atoms with Crippen molar-refractivity contribution in [3.8, 4) is 11.5 Å². The van der Waals surface area contributed by atoms with Crippen molar-refractivity contribution >= 4 is 34.7 Å². The summed E-state index contributed by atoms with van der Waals surface area (Å²) in [6.07, 6.45) is 0.842. The Bertz CT molecular complexity index is 1590. The van der Waals surface area contributed by atoms with Crippen LogP contribution in [0.5, 0.6) is 11.5 Å². The van der Waals surface area contributed by atoms with Crippen LogP contribution in [0.4, 0.5) is 5.69 Å². The van der Waals surface area contributed by atoms with Gasteiger partial charge in [0.1, 0.15) is 0 Å². The van der Waals surface area contributed by atoms with Gasteiger partial charge in [0.15, 0.2) is 16.3 Å². The predicted octanol–water partition coefficient (Wildman–Crippen LogP) is 4.79. The van der Waals surface area contributed by atoms with Crippen LogP contribution in [0.1, 0.15) is 34.8 Å². The molecular formula is C29H30N4O4S. The molecule has 0 radical (unpaired) electrons. The van der Waals surface area contributed by atoms with Gasteiger partial charge < -0.3 is 24.7 Å². The molecule has 4 aromatic rings. The van der Waals surface area contributed by atoms with Crippen LogP contribution in [-0.2, 0) is 6.54 Å². The second-order valence-electron chi connectivity index (χ2n) is 9.30. The van der Waals surface area contributed by atoms with Crippen molar-refractivity contribution in [2.75, 3.05) is 31.3 Å². The van der Waals surface area contributed by atoms with Crippen LogP contribution in [0, 0.1) is 11.7 Å². The van der Waals surface area contributed by atoms with E-state index in [4.69, 9.17) is 21.7 Å². The molecule has 0 atom stereocenters. The summed E-state index contributed by atoms with van der Waals surface area (Å²) >= 11 is 5.45. The van der Waals surface area contributed by atoms with E-state index in [2.05, 4.69) is 53.3 Å². The molecule has 3 aromatic carbocycles. The van der Waals surface area contributed by atoms with Crippen molar-refractivity contribution in [2.24, 2.45) is 0 Å². The lowest BCUT2D eigenvalue weighted by Gasteiger charge is -2.23. The monoisotopic (exact) mass is 530 g/mol. The van der Waals surface area contributed by atoms with Gasteiger partial charge in [0.2, 0.25) is 6.79 Å². The highest BCUT2D eigenvalue weighted by atomic mass is 32.1. The van der Waals surface area contributed by atoms with Crippen LogP contribution >= 0.6 is 12.2 Å². The Balaban J connectivity index is 1.20. The second kappa shape index (κ2) is 11.1. The van der Waals surface area contributed by atoms with Crippen LogP contribution < -0.4 is 25.2 Å². The van der Waals surface area contributed by atoms with Gasteiger partial charge in [-0.25, -0.2) is 0 Å². The maximum atomic E-state index is 13.2. The van der Waals surface area contributed by atoms with E-state index in [-0.39, 0.29) is 24.8 Å². The van der Waals surface area contributed by atoms with E-state index in [1.54, 1.807) is 24.3 Å². The summed E-state index contributed by atoms with van der Waals surface area (Å²) in [5.41, 5.74) is 4.26. The Hall–Kier alpha value is -4.11. The maximum Gasteiger partial charge on any atom is 0.262 e. The molecule has 2 heterocycles. The quantitative estimate of drug-likeness (QED) is 0.239. The number of carbonyl (C=O) groups is 1. The topological polar surface area (TPSA) is 88.6 Å². The zero-order valence-electron chi connectivity index (χ0n) is 21.5. The molecule has 1 aromatic heterocycles. The Morgan fingerprint density at radius 1 is 1.11 bits per heavy atom. The molecule has 38 heavy (non-hydrogen) atoms. The van der Waals surface area contributed by atoms with Crippen molar-refractivity contribution < 1.29 is 14.3 Å². The number of hydrogen-bond acceptors (Lipinski definition) is 6. The van der Waals surface area contributed by atoms with E-state index in [1.165, 1.54) is 15.8 Å². The molecule has 2 N–H and O–H groups in total. The summed E-state index contributed by atoms with van der Waals surface area (Å²) in [6.45, 7) is 7.00. The van der Waals surface area contributed by atoms with Gasteiger partial charge in [-0.15, -0.1) is 0 Å². The maximum absolute atomic E-state index is 13.2. The molecule has 8 nitrogen and oxygen atoms in total. The summed E-state index contributed by atoms with van der Waals surface area (Å²) in [5.74, 6) is 1.01. The highest BCUT2D eigenvalue weighted by Gasteiger charge is 2.17.